The molecule has 5 heteroatoms. The van der Waals surface area contributed by atoms with Gasteiger partial charge in [0.1, 0.15) is 5.75 Å². The molecule has 0 aliphatic heterocycles. The van der Waals surface area contributed by atoms with Gasteiger partial charge in [-0.2, -0.15) is 0 Å². The van der Waals surface area contributed by atoms with Crippen molar-refractivity contribution >= 4 is 0 Å². The standard InChI is InChI=1S/C23H26N2O3/c1-3-26-20-10-6-5-9-19(20)17-24-15-18-13-14-23(25-16-18)28-22-12-8-7-11-21(22)27-4-2/h5-14,16,24H,3-4,15,17H2,1-2H3. The minimum absolute atomic E-state index is 0.539. The summed E-state index contributed by atoms with van der Waals surface area (Å²) in [5.74, 6) is 2.84. The van der Waals surface area contributed by atoms with Crippen LogP contribution in [-0.2, 0) is 13.1 Å². The first-order valence-electron chi connectivity index (χ1n) is 9.56. The molecule has 1 N–H and O–H groups in total. The summed E-state index contributed by atoms with van der Waals surface area (Å²) in [5, 5.41) is 3.43. The number of aromatic nitrogens is 1. The Kier molecular flexibility index (Phi) is 7.27. The Bertz CT molecular complexity index is 866. The van der Waals surface area contributed by atoms with Crippen LogP contribution in [0.4, 0.5) is 0 Å². The lowest BCUT2D eigenvalue weighted by molar-refractivity contribution is 0.319. The maximum Gasteiger partial charge on any atom is 0.219 e. The second-order valence-corrected chi connectivity index (χ2v) is 6.13. The molecule has 5 nitrogen and oxygen atoms in total. The van der Waals surface area contributed by atoms with E-state index in [1.165, 1.54) is 0 Å². The van der Waals surface area contributed by atoms with Crippen molar-refractivity contribution in [1.82, 2.24) is 10.3 Å². The zero-order valence-electron chi connectivity index (χ0n) is 16.4. The van der Waals surface area contributed by atoms with E-state index >= 15 is 0 Å². The van der Waals surface area contributed by atoms with Gasteiger partial charge in [-0.25, -0.2) is 4.98 Å². The van der Waals surface area contributed by atoms with Gasteiger partial charge in [-0.1, -0.05) is 36.4 Å². The highest BCUT2D eigenvalue weighted by Crippen LogP contribution is 2.30. The van der Waals surface area contributed by atoms with E-state index in [-0.39, 0.29) is 0 Å². The molecule has 0 saturated heterocycles. The number of pyridine rings is 1. The largest absolute Gasteiger partial charge is 0.494 e. The van der Waals surface area contributed by atoms with E-state index in [0.717, 1.165) is 23.4 Å². The first-order valence-corrected chi connectivity index (χ1v) is 9.56. The number of rotatable bonds is 10. The molecular weight excluding hydrogens is 352 g/mol. The highest BCUT2D eigenvalue weighted by molar-refractivity contribution is 5.41. The van der Waals surface area contributed by atoms with Crippen LogP contribution < -0.4 is 19.5 Å². The smallest absolute Gasteiger partial charge is 0.219 e. The van der Waals surface area contributed by atoms with E-state index in [0.29, 0.717) is 37.1 Å². The van der Waals surface area contributed by atoms with Crippen LogP contribution in [0.15, 0.2) is 66.9 Å². The molecule has 3 aromatic rings. The van der Waals surface area contributed by atoms with Gasteiger partial charge in [0.05, 0.1) is 13.2 Å². The third-order valence-corrected chi connectivity index (χ3v) is 4.08. The second-order valence-electron chi connectivity index (χ2n) is 6.13. The summed E-state index contributed by atoms with van der Waals surface area (Å²) >= 11 is 0. The zero-order chi connectivity index (χ0) is 19.6. The minimum atomic E-state index is 0.539. The molecule has 2 aromatic carbocycles. The van der Waals surface area contributed by atoms with Crippen molar-refractivity contribution < 1.29 is 14.2 Å². The van der Waals surface area contributed by atoms with Crippen molar-refractivity contribution in [3.05, 3.63) is 78.0 Å². The number of benzene rings is 2. The number of hydrogen-bond donors (Lipinski definition) is 1. The number of para-hydroxylation sites is 3. The van der Waals surface area contributed by atoms with Gasteiger partial charge in [0.15, 0.2) is 11.5 Å². The van der Waals surface area contributed by atoms with Crippen LogP contribution in [0.3, 0.4) is 0 Å². The lowest BCUT2D eigenvalue weighted by Crippen LogP contribution is -2.13. The van der Waals surface area contributed by atoms with E-state index in [1.54, 1.807) is 0 Å². The molecule has 0 atom stereocenters. The van der Waals surface area contributed by atoms with Crippen LogP contribution in [0.5, 0.6) is 23.1 Å². The lowest BCUT2D eigenvalue weighted by Gasteiger charge is -2.12. The number of nitrogens with zero attached hydrogens (tertiary/aromatic N) is 1. The zero-order valence-corrected chi connectivity index (χ0v) is 16.4. The van der Waals surface area contributed by atoms with Crippen molar-refractivity contribution in [2.75, 3.05) is 13.2 Å². The van der Waals surface area contributed by atoms with Crippen molar-refractivity contribution in [2.24, 2.45) is 0 Å². The second kappa shape index (κ2) is 10.3. The SMILES string of the molecule is CCOc1ccccc1CNCc1ccc(Oc2ccccc2OCC)nc1. The predicted octanol–water partition coefficient (Wildman–Crippen LogP) is 4.96. The highest BCUT2D eigenvalue weighted by Gasteiger charge is 2.06. The molecule has 146 valence electrons. The van der Waals surface area contributed by atoms with Crippen LogP contribution in [0, 0.1) is 0 Å². The molecule has 0 unspecified atom stereocenters. The van der Waals surface area contributed by atoms with Gasteiger partial charge in [0, 0.05) is 30.9 Å². The van der Waals surface area contributed by atoms with E-state index in [4.69, 9.17) is 14.2 Å². The van der Waals surface area contributed by atoms with Gasteiger partial charge in [-0.3, -0.25) is 0 Å². The van der Waals surface area contributed by atoms with Gasteiger partial charge >= 0.3 is 0 Å². The summed E-state index contributed by atoms with van der Waals surface area (Å²) in [6.07, 6.45) is 1.82. The first-order chi connectivity index (χ1) is 13.8. The molecule has 0 radical (unpaired) electrons. The summed E-state index contributed by atoms with van der Waals surface area (Å²) in [4.78, 5) is 4.41. The van der Waals surface area contributed by atoms with Gasteiger partial charge in [0.25, 0.3) is 0 Å². The normalized spacial score (nSPS) is 10.5. The van der Waals surface area contributed by atoms with Crippen LogP contribution >= 0.6 is 0 Å². The average Bonchev–Trinajstić information content (AvgIpc) is 2.72. The monoisotopic (exact) mass is 378 g/mol. The Labute approximate surface area is 166 Å². The van der Waals surface area contributed by atoms with E-state index in [2.05, 4.69) is 16.4 Å². The number of ether oxygens (including phenoxy) is 3. The summed E-state index contributed by atoms with van der Waals surface area (Å²) in [6, 6.07) is 19.5. The molecule has 28 heavy (non-hydrogen) atoms. The Morgan fingerprint density at radius 3 is 2.14 bits per heavy atom. The molecule has 0 aliphatic rings. The highest BCUT2D eigenvalue weighted by atomic mass is 16.5. The quantitative estimate of drug-likeness (QED) is 0.540. The first kappa shape index (κ1) is 19.7. The molecule has 0 saturated carbocycles. The minimum Gasteiger partial charge on any atom is -0.494 e. The molecule has 1 aromatic heterocycles. The molecule has 1 heterocycles. The average molecular weight is 378 g/mol. The van der Waals surface area contributed by atoms with Crippen LogP contribution in [0.1, 0.15) is 25.0 Å². The van der Waals surface area contributed by atoms with Gasteiger partial charge in [0.2, 0.25) is 5.88 Å². The molecule has 0 amide bonds. The molecule has 0 bridgehead atoms. The van der Waals surface area contributed by atoms with Crippen molar-refractivity contribution in [1.29, 1.82) is 0 Å². The fourth-order valence-corrected chi connectivity index (χ4v) is 2.79. The molecule has 0 spiro atoms. The third-order valence-electron chi connectivity index (χ3n) is 4.08. The third kappa shape index (κ3) is 5.47. The Morgan fingerprint density at radius 2 is 1.43 bits per heavy atom. The Morgan fingerprint density at radius 1 is 0.750 bits per heavy atom. The maximum absolute atomic E-state index is 5.86. The van der Waals surface area contributed by atoms with Gasteiger partial charge < -0.3 is 19.5 Å². The summed E-state index contributed by atoms with van der Waals surface area (Å²) in [6.45, 7) is 6.63. The van der Waals surface area contributed by atoms with Crippen molar-refractivity contribution in [3.63, 3.8) is 0 Å². The number of hydrogen-bond acceptors (Lipinski definition) is 5. The van der Waals surface area contributed by atoms with Crippen molar-refractivity contribution in [2.45, 2.75) is 26.9 Å². The molecular formula is C23H26N2O3. The van der Waals surface area contributed by atoms with Crippen molar-refractivity contribution in [3.8, 4) is 23.1 Å². The summed E-state index contributed by atoms with van der Waals surface area (Å²) in [5.41, 5.74) is 2.23. The lowest BCUT2D eigenvalue weighted by atomic mass is 10.2. The Balaban J connectivity index is 1.55. The molecule has 0 aliphatic carbocycles. The summed E-state index contributed by atoms with van der Waals surface area (Å²) < 4.78 is 17.1. The van der Waals surface area contributed by atoms with E-state index in [9.17, 15) is 0 Å². The molecule has 0 fully saturated rings. The fourth-order valence-electron chi connectivity index (χ4n) is 2.79. The Hall–Kier alpha value is -3.05. The topological polar surface area (TPSA) is 52.6 Å². The molecule has 3 rings (SSSR count). The van der Waals surface area contributed by atoms with Crippen LogP contribution in [0.25, 0.3) is 0 Å². The van der Waals surface area contributed by atoms with Crippen LogP contribution in [-0.4, -0.2) is 18.2 Å². The van der Waals surface area contributed by atoms with Crippen LogP contribution in [0.2, 0.25) is 0 Å². The van der Waals surface area contributed by atoms with Gasteiger partial charge in [-0.05, 0) is 37.6 Å². The predicted molar refractivity (Wildman–Crippen MR) is 110 cm³/mol. The van der Waals surface area contributed by atoms with E-state index < -0.39 is 0 Å². The maximum atomic E-state index is 5.86. The fraction of sp³-hybridized carbons (Fsp3) is 0.261. The van der Waals surface area contributed by atoms with Gasteiger partial charge in [-0.15, -0.1) is 0 Å². The summed E-state index contributed by atoms with van der Waals surface area (Å²) in [7, 11) is 0. The number of nitrogens with one attached hydrogen (secondary N) is 1. The van der Waals surface area contributed by atoms with E-state index in [1.807, 2.05) is 74.6 Å².